The van der Waals surface area contributed by atoms with E-state index in [1.165, 1.54) is 40.6 Å². The molecule has 0 aliphatic carbocycles. The Kier molecular flexibility index (Phi) is 5.09. The van der Waals surface area contributed by atoms with Crippen LogP contribution in [0.4, 0.5) is 0 Å². The maximum Gasteiger partial charge on any atom is 0.207 e. The van der Waals surface area contributed by atoms with Crippen LogP contribution in [0.1, 0.15) is 17.0 Å². The average Bonchev–Trinajstić information content (AvgIpc) is 2.70. The fraction of sp³-hybridized carbons (Fsp3) is 0.250. The molecule has 8 nitrogen and oxygen atoms in total. The molecule has 0 spiro atoms. The molecular formula is C20H20N2O6. The van der Waals surface area contributed by atoms with Crippen molar-refractivity contribution in [3.63, 3.8) is 0 Å². The maximum absolute atomic E-state index is 9.80. The van der Waals surface area contributed by atoms with Gasteiger partial charge in [0.1, 0.15) is 23.1 Å². The Labute approximate surface area is 162 Å². The predicted octanol–water partition coefficient (Wildman–Crippen LogP) is 2.64. The summed E-state index contributed by atoms with van der Waals surface area (Å²) in [6.07, 6.45) is 0. The number of phenols is 1. The van der Waals surface area contributed by atoms with E-state index in [4.69, 9.17) is 29.4 Å². The summed E-state index contributed by atoms with van der Waals surface area (Å²) in [6, 6.07) is 8.43. The number of hydrogen-bond acceptors (Lipinski definition) is 8. The molecule has 1 aliphatic heterocycles. The highest BCUT2D eigenvalue weighted by molar-refractivity contribution is 5.68. The maximum atomic E-state index is 9.80. The lowest BCUT2D eigenvalue weighted by molar-refractivity contribution is 0.303. The van der Waals surface area contributed by atoms with E-state index in [2.05, 4.69) is 6.07 Å². The normalized spacial score (nSPS) is 15.2. The van der Waals surface area contributed by atoms with Gasteiger partial charge < -0.3 is 34.5 Å². The number of allylic oxidation sites excluding steroid dienone is 1. The molecule has 28 heavy (non-hydrogen) atoms. The molecule has 1 atom stereocenters. The molecule has 2 aromatic rings. The lowest BCUT2D eigenvalue weighted by Gasteiger charge is -2.28. The van der Waals surface area contributed by atoms with Crippen LogP contribution < -0.4 is 29.4 Å². The SMILES string of the molecule is COc1cc([C@H]2C(C#N)=C(N)Oc3cc(O)ccc32)c(OC)c(OC)c1OC. The summed E-state index contributed by atoms with van der Waals surface area (Å²) in [6.45, 7) is 0. The van der Waals surface area contributed by atoms with E-state index in [9.17, 15) is 10.4 Å². The first-order chi connectivity index (χ1) is 13.5. The van der Waals surface area contributed by atoms with Crippen LogP contribution in [0.15, 0.2) is 35.7 Å². The molecule has 0 radical (unpaired) electrons. The second kappa shape index (κ2) is 7.48. The molecular weight excluding hydrogens is 364 g/mol. The molecule has 0 saturated heterocycles. The van der Waals surface area contributed by atoms with Gasteiger partial charge in [0.25, 0.3) is 0 Å². The van der Waals surface area contributed by atoms with Gasteiger partial charge in [0.05, 0.1) is 34.4 Å². The van der Waals surface area contributed by atoms with E-state index in [1.807, 2.05) is 0 Å². The van der Waals surface area contributed by atoms with E-state index in [1.54, 1.807) is 12.1 Å². The average molecular weight is 384 g/mol. The van der Waals surface area contributed by atoms with E-state index in [0.717, 1.165) is 0 Å². The van der Waals surface area contributed by atoms with E-state index in [-0.39, 0.29) is 17.2 Å². The van der Waals surface area contributed by atoms with Gasteiger partial charge in [0.15, 0.2) is 11.5 Å². The molecule has 0 aromatic heterocycles. The van der Waals surface area contributed by atoms with Gasteiger partial charge in [-0.05, 0) is 12.1 Å². The first-order valence-corrected chi connectivity index (χ1v) is 8.28. The van der Waals surface area contributed by atoms with Crippen molar-refractivity contribution in [3.05, 3.63) is 46.8 Å². The van der Waals surface area contributed by atoms with Gasteiger partial charge in [-0.3, -0.25) is 0 Å². The third-order valence-corrected chi connectivity index (χ3v) is 4.53. The topological polar surface area (TPSA) is 116 Å². The number of phenolic OH excluding ortho intramolecular Hbond substituents is 1. The Morgan fingerprint density at radius 1 is 0.964 bits per heavy atom. The van der Waals surface area contributed by atoms with Gasteiger partial charge >= 0.3 is 0 Å². The smallest absolute Gasteiger partial charge is 0.207 e. The van der Waals surface area contributed by atoms with Crippen LogP contribution in [0.5, 0.6) is 34.5 Å². The van der Waals surface area contributed by atoms with Gasteiger partial charge in [0.2, 0.25) is 17.4 Å². The minimum absolute atomic E-state index is 0.0163. The first-order valence-electron chi connectivity index (χ1n) is 8.28. The van der Waals surface area contributed by atoms with Crippen LogP contribution in [-0.4, -0.2) is 33.5 Å². The Hall–Kier alpha value is -3.73. The monoisotopic (exact) mass is 384 g/mol. The van der Waals surface area contributed by atoms with Gasteiger partial charge in [-0.15, -0.1) is 0 Å². The Morgan fingerprint density at radius 2 is 1.64 bits per heavy atom. The summed E-state index contributed by atoms with van der Waals surface area (Å²) in [7, 11) is 5.96. The second-order valence-electron chi connectivity index (χ2n) is 5.91. The van der Waals surface area contributed by atoms with E-state index in [0.29, 0.717) is 39.9 Å². The molecule has 0 unspecified atom stereocenters. The fourth-order valence-corrected chi connectivity index (χ4v) is 3.34. The zero-order valence-corrected chi connectivity index (χ0v) is 15.9. The Morgan fingerprint density at radius 3 is 2.21 bits per heavy atom. The van der Waals surface area contributed by atoms with Crippen molar-refractivity contribution in [2.24, 2.45) is 5.73 Å². The molecule has 1 heterocycles. The minimum Gasteiger partial charge on any atom is -0.508 e. The van der Waals surface area contributed by atoms with Crippen LogP contribution in [0.3, 0.4) is 0 Å². The molecule has 0 saturated carbocycles. The summed E-state index contributed by atoms with van der Waals surface area (Å²) in [5, 5.41) is 19.6. The number of nitrogens with zero attached hydrogens (tertiary/aromatic N) is 1. The number of aromatic hydroxyl groups is 1. The minimum atomic E-state index is -0.627. The van der Waals surface area contributed by atoms with Crippen molar-refractivity contribution in [1.82, 2.24) is 0 Å². The van der Waals surface area contributed by atoms with E-state index >= 15 is 0 Å². The van der Waals surface area contributed by atoms with Crippen molar-refractivity contribution >= 4 is 0 Å². The van der Waals surface area contributed by atoms with Crippen LogP contribution in [-0.2, 0) is 0 Å². The predicted molar refractivity (Wildman–Crippen MR) is 100 cm³/mol. The standard InChI is InChI=1S/C20H20N2O6/c1-24-15-8-12(17(25-2)19(27-4)18(15)26-3)16-11-6-5-10(23)7-14(11)28-20(22)13(16)9-21/h5-8,16,23H,22H2,1-4H3/t16-/m0/s1. The summed E-state index contributed by atoms with van der Waals surface area (Å²) in [4.78, 5) is 0. The highest BCUT2D eigenvalue weighted by Gasteiger charge is 2.35. The highest BCUT2D eigenvalue weighted by atomic mass is 16.5. The van der Waals surface area contributed by atoms with Crippen LogP contribution >= 0.6 is 0 Å². The molecule has 0 amide bonds. The molecule has 3 N–H and O–H groups in total. The number of hydrogen-bond donors (Lipinski definition) is 2. The van der Waals surface area contributed by atoms with Gasteiger partial charge in [-0.2, -0.15) is 5.26 Å². The van der Waals surface area contributed by atoms with Gasteiger partial charge in [-0.25, -0.2) is 0 Å². The highest BCUT2D eigenvalue weighted by Crippen LogP contribution is 2.53. The van der Waals surface area contributed by atoms with Crippen LogP contribution in [0.2, 0.25) is 0 Å². The number of ether oxygens (including phenoxy) is 5. The third kappa shape index (κ3) is 2.87. The summed E-state index contributed by atoms with van der Waals surface area (Å²) >= 11 is 0. The zero-order valence-electron chi connectivity index (χ0n) is 15.9. The van der Waals surface area contributed by atoms with Gasteiger partial charge in [0, 0.05) is 17.2 Å². The summed E-state index contributed by atoms with van der Waals surface area (Å²) in [5.74, 6) is 1.13. The Balaban J connectivity index is 2.38. The molecule has 0 fully saturated rings. The number of nitriles is 1. The third-order valence-electron chi connectivity index (χ3n) is 4.53. The largest absolute Gasteiger partial charge is 0.508 e. The van der Waals surface area contributed by atoms with Crippen molar-refractivity contribution in [2.75, 3.05) is 28.4 Å². The first kappa shape index (κ1) is 19.0. The molecule has 3 rings (SSSR count). The van der Waals surface area contributed by atoms with E-state index < -0.39 is 5.92 Å². The number of benzene rings is 2. The van der Waals surface area contributed by atoms with Crippen molar-refractivity contribution in [1.29, 1.82) is 5.26 Å². The molecule has 1 aliphatic rings. The number of fused-ring (bicyclic) bond motifs is 1. The zero-order chi connectivity index (χ0) is 20.4. The molecule has 8 heteroatoms. The lowest BCUT2D eigenvalue weighted by Crippen LogP contribution is -2.21. The lowest BCUT2D eigenvalue weighted by atomic mass is 9.82. The van der Waals surface area contributed by atoms with Crippen molar-refractivity contribution < 1.29 is 28.8 Å². The van der Waals surface area contributed by atoms with Crippen LogP contribution in [0.25, 0.3) is 0 Å². The number of methoxy groups -OCH3 is 4. The number of rotatable bonds is 5. The molecule has 0 bridgehead atoms. The molecule has 2 aromatic carbocycles. The quantitative estimate of drug-likeness (QED) is 0.808. The number of nitrogens with two attached hydrogens (primary N) is 1. The van der Waals surface area contributed by atoms with Crippen molar-refractivity contribution in [2.45, 2.75) is 5.92 Å². The van der Waals surface area contributed by atoms with Gasteiger partial charge in [-0.1, -0.05) is 6.07 Å². The second-order valence-corrected chi connectivity index (χ2v) is 5.91. The fourth-order valence-electron chi connectivity index (χ4n) is 3.34. The van der Waals surface area contributed by atoms with Crippen LogP contribution in [0, 0.1) is 11.3 Å². The van der Waals surface area contributed by atoms with Crippen molar-refractivity contribution in [3.8, 4) is 40.6 Å². The Bertz CT molecular complexity index is 993. The molecule has 146 valence electrons. The summed E-state index contributed by atoms with van der Waals surface area (Å²) < 4.78 is 27.5. The summed E-state index contributed by atoms with van der Waals surface area (Å²) in [5.41, 5.74) is 7.41.